The summed E-state index contributed by atoms with van der Waals surface area (Å²) in [6.45, 7) is 1.96. The summed E-state index contributed by atoms with van der Waals surface area (Å²) < 4.78 is 0. The zero-order valence-corrected chi connectivity index (χ0v) is 10.3. The smallest absolute Gasteiger partial charge is 0.241 e. The van der Waals surface area contributed by atoms with E-state index in [0.717, 1.165) is 6.42 Å². The molecule has 0 heterocycles. The molecule has 0 saturated carbocycles. The maximum absolute atomic E-state index is 11.6. The van der Waals surface area contributed by atoms with E-state index in [2.05, 4.69) is 5.32 Å². The molecular formula is C12H14ClN3O. The molecular weight excluding hydrogens is 238 g/mol. The quantitative estimate of drug-likeness (QED) is 0.862. The number of benzene rings is 1. The predicted molar refractivity (Wildman–Crippen MR) is 67.7 cm³/mol. The number of nitrogens with zero attached hydrogens (tertiary/aromatic N) is 1. The summed E-state index contributed by atoms with van der Waals surface area (Å²) in [4.78, 5) is 11.6. The molecule has 1 aromatic rings. The molecule has 0 aliphatic heterocycles. The summed E-state index contributed by atoms with van der Waals surface area (Å²) in [5.74, 6) is -0.243. The van der Waals surface area contributed by atoms with E-state index in [1.807, 2.05) is 13.0 Å². The van der Waals surface area contributed by atoms with Crippen LogP contribution in [0.2, 0.25) is 5.02 Å². The van der Waals surface area contributed by atoms with Crippen molar-refractivity contribution in [2.75, 3.05) is 5.32 Å². The van der Waals surface area contributed by atoms with Crippen molar-refractivity contribution in [3.8, 4) is 6.07 Å². The average Bonchev–Trinajstić information content (AvgIpc) is 2.29. The van der Waals surface area contributed by atoms with Crippen LogP contribution in [0.4, 0.5) is 5.69 Å². The van der Waals surface area contributed by atoms with Gasteiger partial charge in [-0.05, 0) is 24.6 Å². The summed E-state index contributed by atoms with van der Waals surface area (Å²) in [6, 6.07) is 6.15. The largest absolute Gasteiger partial charge is 0.325 e. The third-order valence-electron chi connectivity index (χ3n) is 2.29. The average molecular weight is 252 g/mol. The molecule has 0 aromatic heterocycles. The lowest BCUT2D eigenvalue weighted by Gasteiger charge is -2.11. The van der Waals surface area contributed by atoms with Crippen LogP contribution in [0.1, 0.15) is 25.3 Å². The van der Waals surface area contributed by atoms with Crippen molar-refractivity contribution in [3.63, 3.8) is 0 Å². The molecule has 0 saturated heterocycles. The van der Waals surface area contributed by atoms with Gasteiger partial charge in [0.2, 0.25) is 5.91 Å². The molecule has 1 amide bonds. The molecule has 0 spiro atoms. The Labute approximate surface area is 105 Å². The minimum atomic E-state index is -0.519. The van der Waals surface area contributed by atoms with E-state index >= 15 is 0 Å². The molecule has 1 atom stereocenters. The fourth-order valence-electron chi connectivity index (χ4n) is 1.36. The van der Waals surface area contributed by atoms with Gasteiger partial charge < -0.3 is 11.1 Å². The third kappa shape index (κ3) is 3.74. The molecule has 3 N–H and O–H groups in total. The highest BCUT2D eigenvalue weighted by molar-refractivity contribution is 6.32. The van der Waals surface area contributed by atoms with Gasteiger partial charge in [-0.25, -0.2) is 0 Å². The number of rotatable bonds is 4. The fourth-order valence-corrected chi connectivity index (χ4v) is 1.58. The molecule has 1 rings (SSSR count). The molecule has 0 fully saturated rings. The molecule has 1 aromatic carbocycles. The topological polar surface area (TPSA) is 78.9 Å². The van der Waals surface area contributed by atoms with Gasteiger partial charge in [0, 0.05) is 5.69 Å². The number of nitrogens with two attached hydrogens (primary N) is 1. The summed E-state index contributed by atoms with van der Waals surface area (Å²) in [5, 5.41) is 11.7. The van der Waals surface area contributed by atoms with Crippen molar-refractivity contribution in [1.82, 2.24) is 0 Å². The van der Waals surface area contributed by atoms with Crippen molar-refractivity contribution in [3.05, 3.63) is 28.8 Å². The standard InChI is InChI=1S/C12H14ClN3O/c1-2-3-11(15)12(17)16-9-5-4-8(7-14)10(13)6-9/h4-6,11H,2-3,15H2,1H3,(H,16,17)/t11-/m0/s1. The molecule has 0 aliphatic carbocycles. The van der Waals surface area contributed by atoms with E-state index in [4.69, 9.17) is 22.6 Å². The van der Waals surface area contributed by atoms with Gasteiger partial charge in [-0.2, -0.15) is 5.26 Å². The Morgan fingerprint density at radius 1 is 1.65 bits per heavy atom. The van der Waals surface area contributed by atoms with Crippen LogP contribution in [0.5, 0.6) is 0 Å². The minimum absolute atomic E-state index is 0.243. The van der Waals surface area contributed by atoms with E-state index in [-0.39, 0.29) is 5.91 Å². The van der Waals surface area contributed by atoms with Gasteiger partial charge in [0.25, 0.3) is 0 Å². The normalized spacial score (nSPS) is 11.6. The van der Waals surface area contributed by atoms with E-state index in [0.29, 0.717) is 22.7 Å². The van der Waals surface area contributed by atoms with E-state index < -0.39 is 6.04 Å². The third-order valence-corrected chi connectivity index (χ3v) is 2.61. The first-order chi connectivity index (χ1) is 8.08. The minimum Gasteiger partial charge on any atom is -0.325 e. The second-order valence-electron chi connectivity index (χ2n) is 3.69. The number of nitriles is 1. The Kier molecular flexibility index (Phi) is 4.95. The summed E-state index contributed by atoms with van der Waals surface area (Å²) in [5.41, 5.74) is 6.60. The maximum atomic E-state index is 11.6. The number of carbonyl (C=O) groups excluding carboxylic acids is 1. The second kappa shape index (κ2) is 6.24. The van der Waals surface area contributed by atoms with Gasteiger partial charge in [-0.15, -0.1) is 0 Å². The highest BCUT2D eigenvalue weighted by atomic mass is 35.5. The predicted octanol–water partition coefficient (Wildman–Crippen LogP) is 2.28. The summed E-state index contributed by atoms with van der Waals surface area (Å²) in [6.07, 6.45) is 1.48. The van der Waals surface area contributed by atoms with Crippen LogP contribution in [-0.4, -0.2) is 11.9 Å². The lowest BCUT2D eigenvalue weighted by molar-refractivity contribution is -0.117. The van der Waals surface area contributed by atoms with Crippen LogP contribution in [-0.2, 0) is 4.79 Å². The molecule has 4 nitrogen and oxygen atoms in total. The van der Waals surface area contributed by atoms with Crippen LogP contribution in [0.25, 0.3) is 0 Å². The van der Waals surface area contributed by atoms with E-state index in [9.17, 15) is 4.79 Å². The Hall–Kier alpha value is -1.57. The van der Waals surface area contributed by atoms with Crippen molar-refractivity contribution in [1.29, 1.82) is 5.26 Å². The SMILES string of the molecule is CCC[C@H](N)C(=O)Nc1ccc(C#N)c(Cl)c1. The lowest BCUT2D eigenvalue weighted by Crippen LogP contribution is -2.35. The van der Waals surface area contributed by atoms with Crippen LogP contribution in [0.3, 0.4) is 0 Å². The first-order valence-electron chi connectivity index (χ1n) is 5.34. The number of hydrogen-bond donors (Lipinski definition) is 2. The number of amides is 1. The highest BCUT2D eigenvalue weighted by Crippen LogP contribution is 2.20. The second-order valence-corrected chi connectivity index (χ2v) is 4.10. The lowest BCUT2D eigenvalue weighted by atomic mass is 10.1. The monoisotopic (exact) mass is 251 g/mol. The number of halogens is 1. The molecule has 0 bridgehead atoms. The van der Waals surface area contributed by atoms with Gasteiger partial charge in [0.05, 0.1) is 16.6 Å². The van der Waals surface area contributed by atoms with Gasteiger partial charge in [-0.1, -0.05) is 24.9 Å². The molecule has 0 unspecified atom stereocenters. The summed E-state index contributed by atoms with van der Waals surface area (Å²) >= 11 is 5.85. The number of nitrogens with one attached hydrogen (secondary N) is 1. The Balaban J connectivity index is 2.73. The molecule has 0 aliphatic rings. The molecule has 90 valence electrons. The molecule has 5 heteroatoms. The van der Waals surface area contributed by atoms with Crippen molar-refractivity contribution < 1.29 is 4.79 Å². The Morgan fingerprint density at radius 3 is 2.88 bits per heavy atom. The first kappa shape index (κ1) is 13.5. The van der Waals surface area contributed by atoms with Gasteiger partial charge in [0.15, 0.2) is 0 Å². The van der Waals surface area contributed by atoms with Crippen LogP contribution in [0, 0.1) is 11.3 Å². The zero-order valence-electron chi connectivity index (χ0n) is 9.53. The van der Waals surface area contributed by atoms with E-state index in [1.54, 1.807) is 12.1 Å². The van der Waals surface area contributed by atoms with Crippen LogP contribution in [0.15, 0.2) is 18.2 Å². The van der Waals surface area contributed by atoms with Gasteiger partial charge in [0.1, 0.15) is 6.07 Å². The molecule has 0 radical (unpaired) electrons. The Morgan fingerprint density at radius 2 is 2.35 bits per heavy atom. The van der Waals surface area contributed by atoms with Crippen LogP contribution < -0.4 is 11.1 Å². The van der Waals surface area contributed by atoms with E-state index in [1.165, 1.54) is 6.07 Å². The summed E-state index contributed by atoms with van der Waals surface area (Å²) in [7, 11) is 0. The van der Waals surface area contributed by atoms with Gasteiger partial charge in [-0.3, -0.25) is 4.79 Å². The first-order valence-corrected chi connectivity index (χ1v) is 5.72. The highest BCUT2D eigenvalue weighted by Gasteiger charge is 2.12. The number of hydrogen-bond acceptors (Lipinski definition) is 3. The number of carbonyl (C=O) groups is 1. The molecule has 17 heavy (non-hydrogen) atoms. The van der Waals surface area contributed by atoms with Crippen molar-refractivity contribution >= 4 is 23.2 Å². The number of anilines is 1. The fraction of sp³-hybridized carbons (Fsp3) is 0.333. The Bertz CT molecular complexity index is 454. The van der Waals surface area contributed by atoms with Crippen LogP contribution >= 0.6 is 11.6 Å². The maximum Gasteiger partial charge on any atom is 0.241 e. The van der Waals surface area contributed by atoms with Crippen molar-refractivity contribution in [2.45, 2.75) is 25.8 Å². The zero-order chi connectivity index (χ0) is 12.8. The van der Waals surface area contributed by atoms with Crippen molar-refractivity contribution in [2.24, 2.45) is 5.73 Å². The van der Waals surface area contributed by atoms with Gasteiger partial charge >= 0.3 is 0 Å².